The summed E-state index contributed by atoms with van der Waals surface area (Å²) < 4.78 is 0. The Bertz CT molecular complexity index is 932. The number of benzene rings is 1. The average molecular weight is 459 g/mol. The molecule has 3 amide bonds. The zero-order chi connectivity index (χ0) is 24.4. The van der Waals surface area contributed by atoms with Crippen LogP contribution in [-0.4, -0.2) is 63.4 Å². The molecule has 0 radical (unpaired) electrons. The number of hydrogen-bond donors (Lipinski definition) is 6. The van der Waals surface area contributed by atoms with Crippen LogP contribution in [0, 0.1) is 5.92 Å². The van der Waals surface area contributed by atoms with Gasteiger partial charge in [-0.3, -0.25) is 14.4 Å². The fraction of sp³-hybridized carbons (Fsp3) is 0.409. The van der Waals surface area contributed by atoms with Crippen molar-refractivity contribution in [3.05, 3.63) is 54.1 Å². The van der Waals surface area contributed by atoms with Gasteiger partial charge in [-0.1, -0.05) is 44.2 Å². The highest BCUT2D eigenvalue weighted by molar-refractivity contribution is 5.92. The van der Waals surface area contributed by atoms with E-state index in [1.165, 1.54) is 12.5 Å². The van der Waals surface area contributed by atoms with E-state index >= 15 is 0 Å². The van der Waals surface area contributed by atoms with Crippen LogP contribution < -0.4 is 21.7 Å². The molecule has 3 atom stereocenters. The normalized spacial score (nSPS) is 13.6. The largest absolute Gasteiger partial charge is 0.480 e. The van der Waals surface area contributed by atoms with Crippen LogP contribution in [0.25, 0.3) is 0 Å². The Labute approximate surface area is 191 Å². The maximum absolute atomic E-state index is 12.9. The van der Waals surface area contributed by atoms with Crippen molar-refractivity contribution in [1.29, 1.82) is 0 Å². The lowest BCUT2D eigenvalue weighted by Gasteiger charge is -2.22. The van der Waals surface area contributed by atoms with E-state index in [1.807, 2.05) is 0 Å². The predicted molar refractivity (Wildman–Crippen MR) is 120 cm³/mol. The van der Waals surface area contributed by atoms with Crippen molar-refractivity contribution in [2.24, 2.45) is 11.7 Å². The van der Waals surface area contributed by atoms with Crippen molar-refractivity contribution in [1.82, 2.24) is 25.9 Å². The number of carbonyl (C=O) groups excluding carboxylic acids is 3. The van der Waals surface area contributed by atoms with E-state index in [9.17, 15) is 24.3 Å². The second-order valence-corrected chi connectivity index (χ2v) is 7.98. The second kappa shape index (κ2) is 12.3. The maximum Gasteiger partial charge on any atom is 0.326 e. The van der Waals surface area contributed by atoms with Gasteiger partial charge in [-0.25, -0.2) is 9.78 Å². The Morgan fingerprint density at radius 3 is 2.30 bits per heavy atom. The number of aromatic nitrogens is 2. The van der Waals surface area contributed by atoms with Crippen LogP contribution in [-0.2, 0) is 32.0 Å². The number of imidazole rings is 1. The van der Waals surface area contributed by atoms with Crippen molar-refractivity contribution < 1.29 is 24.3 Å². The van der Waals surface area contributed by atoms with Gasteiger partial charge in [0.2, 0.25) is 17.7 Å². The molecule has 0 fully saturated rings. The third kappa shape index (κ3) is 8.37. The molecule has 0 saturated heterocycles. The molecule has 2 aromatic rings. The third-order valence-corrected chi connectivity index (χ3v) is 4.97. The van der Waals surface area contributed by atoms with Crippen LogP contribution in [0.2, 0.25) is 0 Å². The first-order valence-electron chi connectivity index (χ1n) is 10.5. The van der Waals surface area contributed by atoms with E-state index in [4.69, 9.17) is 5.73 Å². The molecule has 0 spiro atoms. The van der Waals surface area contributed by atoms with E-state index in [1.54, 1.807) is 44.2 Å². The van der Waals surface area contributed by atoms with E-state index < -0.39 is 41.8 Å². The van der Waals surface area contributed by atoms with Crippen LogP contribution in [0.1, 0.15) is 25.1 Å². The lowest BCUT2D eigenvalue weighted by molar-refractivity contribution is -0.142. The van der Waals surface area contributed by atoms with Gasteiger partial charge in [-0.2, -0.15) is 0 Å². The fourth-order valence-electron chi connectivity index (χ4n) is 2.98. The van der Waals surface area contributed by atoms with Crippen LogP contribution in [0.15, 0.2) is 42.9 Å². The van der Waals surface area contributed by atoms with Gasteiger partial charge in [-0.05, 0) is 11.5 Å². The number of amides is 3. The predicted octanol–water partition coefficient (Wildman–Crippen LogP) is -0.651. The summed E-state index contributed by atoms with van der Waals surface area (Å²) in [5.41, 5.74) is 7.06. The topological polar surface area (TPSA) is 179 Å². The molecule has 11 nitrogen and oxygen atoms in total. The zero-order valence-corrected chi connectivity index (χ0v) is 18.6. The maximum atomic E-state index is 12.9. The van der Waals surface area contributed by atoms with Crippen LogP contribution in [0.4, 0.5) is 0 Å². The molecule has 178 valence electrons. The molecule has 0 aliphatic carbocycles. The number of nitrogens with one attached hydrogen (secondary N) is 4. The summed E-state index contributed by atoms with van der Waals surface area (Å²) in [6.07, 6.45) is 3.05. The average Bonchev–Trinajstić information content (AvgIpc) is 3.29. The minimum absolute atomic E-state index is 0.0503. The standard InChI is InChI=1S/C22H30N6O5/c1-13(2)19(23)21(31)25-11-18(29)27-16(9-15-10-24-12-26-15)20(30)28-17(22(32)33)8-14-6-4-3-5-7-14/h3-7,10,12-13,16-17,19H,8-9,11,23H2,1-2H3,(H,24,26)(H,25,31)(H,27,29)(H,28,30)(H,32,33). The first-order chi connectivity index (χ1) is 15.7. The van der Waals surface area contributed by atoms with Crippen molar-refractivity contribution in [2.45, 2.75) is 44.8 Å². The highest BCUT2D eigenvalue weighted by Crippen LogP contribution is 2.05. The van der Waals surface area contributed by atoms with Gasteiger partial charge >= 0.3 is 5.97 Å². The third-order valence-electron chi connectivity index (χ3n) is 4.97. The van der Waals surface area contributed by atoms with Gasteiger partial charge in [0, 0.05) is 24.7 Å². The monoisotopic (exact) mass is 458 g/mol. The molecule has 1 aromatic heterocycles. The minimum Gasteiger partial charge on any atom is -0.480 e. The Morgan fingerprint density at radius 1 is 1.03 bits per heavy atom. The Hall–Kier alpha value is -3.73. The zero-order valence-electron chi connectivity index (χ0n) is 18.6. The number of nitrogens with zero attached hydrogens (tertiary/aromatic N) is 1. The van der Waals surface area contributed by atoms with Crippen LogP contribution in [0.3, 0.4) is 0 Å². The van der Waals surface area contributed by atoms with Gasteiger partial charge in [0.1, 0.15) is 12.1 Å². The lowest BCUT2D eigenvalue weighted by atomic mass is 10.0. The van der Waals surface area contributed by atoms with E-state index in [-0.39, 0.29) is 25.3 Å². The number of carbonyl (C=O) groups is 4. The molecule has 11 heteroatoms. The van der Waals surface area contributed by atoms with E-state index in [2.05, 4.69) is 25.9 Å². The number of H-pyrrole nitrogens is 1. The summed E-state index contributed by atoms with van der Waals surface area (Å²) in [6.45, 7) is 3.19. The molecule has 1 heterocycles. The molecule has 0 bridgehead atoms. The quantitative estimate of drug-likeness (QED) is 0.244. The van der Waals surface area contributed by atoms with Crippen LogP contribution >= 0.6 is 0 Å². The highest BCUT2D eigenvalue weighted by atomic mass is 16.4. The molecular weight excluding hydrogens is 428 g/mol. The summed E-state index contributed by atoms with van der Waals surface area (Å²) in [6, 6.07) is 5.83. The number of carboxylic acids is 1. The summed E-state index contributed by atoms with van der Waals surface area (Å²) in [5, 5.41) is 17.0. The van der Waals surface area contributed by atoms with Gasteiger partial charge in [0.05, 0.1) is 18.9 Å². The van der Waals surface area contributed by atoms with Gasteiger partial charge in [0.15, 0.2) is 0 Å². The minimum atomic E-state index is -1.20. The number of aromatic amines is 1. The molecule has 33 heavy (non-hydrogen) atoms. The second-order valence-electron chi connectivity index (χ2n) is 7.98. The number of carboxylic acid groups (broad SMARTS) is 1. The van der Waals surface area contributed by atoms with Crippen molar-refractivity contribution in [3.8, 4) is 0 Å². The number of nitrogens with two attached hydrogens (primary N) is 1. The van der Waals surface area contributed by atoms with Gasteiger partial charge in [-0.15, -0.1) is 0 Å². The molecular formula is C22H30N6O5. The van der Waals surface area contributed by atoms with E-state index in [0.29, 0.717) is 5.69 Å². The molecule has 2 rings (SSSR count). The van der Waals surface area contributed by atoms with Crippen molar-refractivity contribution >= 4 is 23.7 Å². The molecule has 3 unspecified atom stereocenters. The van der Waals surface area contributed by atoms with Crippen molar-refractivity contribution in [2.75, 3.05) is 6.54 Å². The Kier molecular flexibility index (Phi) is 9.55. The lowest BCUT2D eigenvalue weighted by Crippen LogP contribution is -2.55. The SMILES string of the molecule is CC(C)C(N)C(=O)NCC(=O)NC(Cc1cnc[nH]1)C(=O)NC(Cc1ccccc1)C(=O)O. The summed E-state index contributed by atoms with van der Waals surface area (Å²) in [4.78, 5) is 55.8. The van der Waals surface area contributed by atoms with E-state index in [0.717, 1.165) is 5.56 Å². The number of hydrogen-bond acceptors (Lipinski definition) is 6. The van der Waals surface area contributed by atoms with Gasteiger partial charge < -0.3 is 31.8 Å². The number of rotatable bonds is 12. The molecule has 1 aromatic carbocycles. The Balaban J connectivity index is 2.05. The highest BCUT2D eigenvalue weighted by Gasteiger charge is 2.28. The first-order valence-corrected chi connectivity index (χ1v) is 10.5. The van der Waals surface area contributed by atoms with Gasteiger partial charge in [0.25, 0.3) is 0 Å². The Morgan fingerprint density at radius 2 is 1.73 bits per heavy atom. The molecule has 0 saturated carbocycles. The first kappa shape index (κ1) is 25.5. The summed E-state index contributed by atoms with van der Waals surface area (Å²) >= 11 is 0. The smallest absolute Gasteiger partial charge is 0.326 e. The summed E-state index contributed by atoms with van der Waals surface area (Å²) in [7, 11) is 0. The van der Waals surface area contributed by atoms with Crippen LogP contribution in [0.5, 0.6) is 0 Å². The summed E-state index contributed by atoms with van der Waals surface area (Å²) in [5.74, 6) is -3.08. The molecule has 7 N–H and O–H groups in total. The van der Waals surface area contributed by atoms with Crippen molar-refractivity contribution in [3.63, 3.8) is 0 Å². The molecule has 0 aliphatic heterocycles. The number of aliphatic carboxylic acids is 1. The fourth-order valence-corrected chi connectivity index (χ4v) is 2.98. The molecule has 0 aliphatic rings.